The first-order chi connectivity index (χ1) is 6.70. The molecule has 1 aromatic rings. The van der Waals surface area contributed by atoms with Gasteiger partial charge in [0, 0.05) is 5.02 Å². The van der Waals surface area contributed by atoms with Gasteiger partial charge in [0.25, 0.3) is 0 Å². The topological polar surface area (TPSA) is 37.3 Å². The maximum absolute atomic E-state index is 10.9. The number of fused-ring (bicyclic) bond motifs is 1. The van der Waals surface area contributed by atoms with Crippen LogP contribution in [-0.2, 0) is 11.2 Å². The number of hydrogen-bond acceptors (Lipinski definition) is 1. The number of carbonyl (C=O) groups is 1. The molecule has 0 amide bonds. The lowest BCUT2D eigenvalue weighted by molar-refractivity contribution is -0.130. The second-order valence-corrected chi connectivity index (χ2v) is 3.63. The van der Waals surface area contributed by atoms with Gasteiger partial charge >= 0.3 is 5.97 Å². The third-order valence-electron chi connectivity index (χ3n) is 2.38. The van der Waals surface area contributed by atoms with Gasteiger partial charge in [-0.05, 0) is 30.0 Å². The second-order valence-electron chi connectivity index (χ2n) is 3.23. The van der Waals surface area contributed by atoms with Crippen LogP contribution in [0.25, 0.3) is 5.57 Å². The lowest BCUT2D eigenvalue weighted by atomic mass is 9.91. The minimum atomic E-state index is -0.881. The molecule has 0 saturated carbocycles. The number of rotatable bonds is 1. The van der Waals surface area contributed by atoms with Crippen molar-refractivity contribution in [2.24, 2.45) is 0 Å². The van der Waals surface area contributed by atoms with Crippen molar-refractivity contribution in [3.05, 3.63) is 40.4 Å². The Morgan fingerprint density at radius 2 is 2.21 bits per heavy atom. The number of allylic oxidation sites excluding steroid dienone is 1. The molecule has 3 heteroatoms. The van der Waals surface area contributed by atoms with Crippen LogP contribution in [-0.4, -0.2) is 11.1 Å². The molecule has 0 heterocycles. The van der Waals surface area contributed by atoms with Crippen LogP contribution in [0.4, 0.5) is 0 Å². The van der Waals surface area contributed by atoms with Crippen LogP contribution in [0.1, 0.15) is 17.5 Å². The Labute approximate surface area is 86.8 Å². The first-order valence-electron chi connectivity index (χ1n) is 4.41. The average molecular weight is 209 g/mol. The van der Waals surface area contributed by atoms with Crippen LogP contribution in [0.3, 0.4) is 0 Å². The largest absolute Gasteiger partial charge is 0.478 e. The van der Waals surface area contributed by atoms with Gasteiger partial charge in [-0.1, -0.05) is 29.8 Å². The Bertz CT molecular complexity index is 421. The SMILES string of the molecule is O=C(O)C1=CCCc2c(Cl)cccc21. The van der Waals surface area contributed by atoms with E-state index in [2.05, 4.69) is 0 Å². The fourth-order valence-electron chi connectivity index (χ4n) is 1.74. The van der Waals surface area contributed by atoms with Crippen LogP contribution < -0.4 is 0 Å². The Kier molecular flexibility index (Phi) is 2.30. The second kappa shape index (κ2) is 3.46. The van der Waals surface area contributed by atoms with Gasteiger partial charge in [-0.15, -0.1) is 0 Å². The lowest BCUT2D eigenvalue weighted by Crippen LogP contribution is -2.07. The highest BCUT2D eigenvalue weighted by atomic mass is 35.5. The Hall–Kier alpha value is -1.28. The molecule has 0 aromatic heterocycles. The number of carboxylic acids is 1. The standard InChI is InChI=1S/C11H9ClO2/c12-10-6-2-3-7-8(10)4-1-5-9(7)11(13)14/h2-3,5-6H,1,4H2,(H,13,14). The number of carboxylic acid groups (broad SMARTS) is 1. The van der Waals surface area contributed by atoms with Crippen LogP contribution in [0, 0.1) is 0 Å². The van der Waals surface area contributed by atoms with Crippen molar-refractivity contribution in [3.63, 3.8) is 0 Å². The highest BCUT2D eigenvalue weighted by molar-refractivity contribution is 6.32. The summed E-state index contributed by atoms with van der Waals surface area (Å²) < 4.78 is 0. The van der Waals surface area contributed by atoms with Crippen LogP contribution in [0.15, 0.2) is 24.3 Å². The lowest BCUT2D eigenvalue weighted by Gasteiger charge is -2.15. The van der Waals surface area contributed by atoms with Gasteiger partial charge in [-0.2, -0.15) is 0 Å². The van der Waals surface area contributed by atoms with E-state index < -0.39 is 5.97 Å². The molecular weight excluding hydrogens is 200 g/mol. The summed E-state index contributed by atoms with van der Waals surface area (Å²) in [5.74, 6) is -0.881. The highest BCUT2D eigenvalue weighted by Gasteiger charge is 2.19. The van der Waals surface area contributed by atoms with Crippen molar-refractivity contribution in [2.45, 2.75) is 12.8 Å². The summed E-state index contributed by atoms with van der Waals surface area (Å²) in [6.07, 6.45) is 3.32. The van der Waals surface area contributed by atoms with Gasteiger partial charge in [-0.25, -0.2) is 4.79 Å². The summed E-state index contributed by atoms with van der Waals surface area (Å²) in [6.45, 7) is 0. The molecule has 0 fully saturated rings. The van der Waals surface area contributed by atoms with E-state index in [1.165, 1.54) is 0 Å². The Morgan fingerprint density at radius 3 is 2.93 bits per heavy atom. The van der Waals surface area contributed by atoms with Gasteiger partial charge in [0.2, 0.25) is 0 Å². The number of benzene rings is 1. The zero-order valence-corrected chi connectivity index (χ0v) is 8.21. The highest BCUT2D eigenvalue weighted by Crippen LogP contribution is 2.31. The minimum absolute atomic E-state index is 0.369. The third-order valence-corrected chi connectivity index (χ3v) is 2.74. The number of hydrogen-bond donors (Lipinski definition) is 1. The molecule has 0 aliphatic heterocycles. The summed E-state index contributed by atoms with van der Waals surface area (Å²) in [5, 5.41) is 9.63. The number of halogens is 1. The Balaban J connectivity index is 2.59. The van der Waals surface area contributed by atoms with Crippen molar-refractivity contribution in [2.75, 3.05) is 0 Å². The zero-order chi connectivity index (χ0) is 10.1. The molecule has 0 saturated heterocycles. The molecule has 1 aliphatic carbocycles. The van der Waals surface area contributed by atoms with E-state index in [9.17, 15) is 4.79 Å². The summed E-state index contributed by atoms with van der Waals surface area (Å²) in [6, 6.07) is 5.38. The monoisotopic (exact) mass is 208 g/mol. The van der Waals surface area contributed by atoms with E-state index in [1.807, 2.05) is 0 Å². The molecule has 2 rings (SSSR count). The van der Waals surface area contributed by atoms with Crippen LogP contribution >= 0.6 is 11.6 Å². The molecule has 2 nitrogen and oxygen atoms in total. The average Bonchev–Trinajstić information content (AvgIpc) is 2.17. The van der Waals surface area contributed by atoms with E-state index >= 15 is 0 Å². The molecule has 0 radical (unpaired) electrons. The summed E-state index contributed by atoms with van der Waals surface area (Å²) in [5.41, 5.74) is 2.08. The summed E-state index contributed by atoms with van der Waals surface area (Å²) in [4.78, 5) is 10.9. The van der Waals surface area contributed by atoms with E-state index in [1.54, 1.807) is 24.3 Å². The normalized spacial score (nSPS) is 14.5. The van der Waals surface area contributed by atoms with Crippen molar-refractivity contribution in [3.8, 4) is 0 Å². The van der Waals surface area contributed by atoms with Crippen LogP contribution in [0.2, 0.25) is 5.02 Å². The first-order valence-corrected chi connectivity index (χ1v) is 4.79. The fraction of sp³-hybridized carbons (Fsp3) is 0.182. The van der Waals surface area contributed by atoms with Crippen molar-refractivity contribution in [1.82, 2.24) is 0 Å². The third kappa shape index (κ3) is 1.42. The van der Waals surface area contributed by atoms with Crippen LogP contribution in [0.5, 0.6) is 0 Å². The summed E-state index contributed by atoms with van der Waals surface area (Å²) in [7, 11) is 0. The van der Waals surface area contributed by atoms with E-state index in [0.29, 0.717) is 10.6 Å². The zero-order valence-electron chi connectivity index (χ0n) is 7.46. The molecule has 1 N–H and O–H groups in total. The molecule has 14 heavy (non-hydrogen) atoms. The van der Waals surface area contributed by atoms with E-state index in [4.69, 9.17) is 16.7 Å². The molecule has 1 aliphatic rings. The van der Waals surface area contributed by atoms with Crippen molar-refractivity contribution < 1.29 is 9.90 Å². The van der Waals surface area contributed by atoms with Gasteiger partial charge in [0.15, 0.2) is 0 Å². The fourth-order valence-corrected chi connectivity index (χ4v) is 2.01. The minimum Gasteiger partial charge on any atom is -0.478 e. The maximum Gasteiger partial charge on any atom is 0.335 e. The first kappa shape index (κ1) is 9.28. The predicted octanol–water partition coefficient (Wildman–Crippen LogP) is 2.75. The molecule has 1 aromatic carbocycles. The molecule has 0 spiro atoms. The molecule has 72 valence electrons. The quantitative estimate of drug-likeness (QED) is 0.771. The predicted molar refractivity (Wildman–Crippen MR) is 55.4 cm³/mol. The van der Waals surface area contributed by atoms with Crippen molar-refractivity contribution in [1.29, 1.82) is 0 Å². The van der Waals surface area contributed by atoms with Gasteiger partial charge in [0.05, 0.1) is 5.57 Å². The summed E-state index contributed by atoms with van der Waals surface area (Å²) >= 11 is 5.99. The molecule has 0 bridgehead atoms. The van der Waals surface area contributed by atoms with Crippen molar-refractivity contribution >= 4 is 23.1 Å². The Morgan fingerprint density at radius 1 is 1.43 bits per heavy atom. The maximum atomic E-state index is 10.9. The van der Waals surface area contributed by atoms with E-state index in [-0.39, 0.29) is 0 Å². The van der Waals surface area contributed by atoms with Gasteiger partial charge in [-0.3, -0.25) is 0 Å². The molecular formula is C11H9ClO2. The van der Waals surface area contributed by atoms with E-state index in [0.717, 1.165) is 24.0 Å². The smallest absolute Gasteiger partial charge is 0.335 e. The van der Waals surface area contributed by atoms with Gasteiger partial charge < -0.3 is 5.11 Å². The number of aliphatic carboxylic acids is 1. The van der Waals surface area contributed by atoms with Gasteiger partial charge in [0.1, 0.15) is 0 Å². The molecule has 0 unspecified atom stereocenters. The molecule has 0 atom stereocenters.